The first-order chi connectivity index (χ1) is 13.4. The molecule has 0 bridgehead atoms. The number of carbonyl (C=O) groups excluding carboxylic acids is 1. The number of nitrogens with one attached hydrogen (secondary N) is 1. The van der Waals surface area contributed by atoms with Gasteiger partial charge >= 0.3 is 12.3 Å². The van der Waals surface area contributed by atoms with Crippen LogP contribution in [0.3, 0.4) is 0 Å². The van der Waals surface area contributed by atoms with E-state index in [1.165, 1.54) is 6.08 Å². The van der Waals surface area contributed by atoms with E-state index >= 15 is 0 Å². The highest BCUT2D eigenvalue weighted by atomic mass is 19.4. The molecule has 4 nitrogen and oxygen atoms in total. The summed E-state index contributed by atoms with van der Waals surface area (Å²) in [6.07, 6.45) is 2.18. The minimum absolute atomic E-state index is 0.0260. The molecule has 1 atom stereocenters. The number of nitrogens with zero attached hydrogens (tertiary/aromatic N) is 1. The summed E-state index contributed by atoms with van der Waals surface area (Å²) in [5.41, 5.74) is 2.20. The number of hydrogen-bond acceptors (Lipinski definition) is 3. The Labute approximate surface area is 162 Å². The third-order valence-corrected chi connectivity index (χ3v) is 5.92. The Morgan fingerprint density at radius 1 is 1.21 bits per heavy atom. The number of allylic oxidation sites excluding steroid dienone is 3. The Morgan fingerprint density at radius 2 is 1.96 bits per heavy atom. The average molecular weight is 392 g/mol. The fourth-order valence-electron chi connectivity index (χ4n) is 4.25. The van der Waals surface area contributed by atoms with Crippen LogP contribution < -0.4 is 5.32 Å². The van der Waals surface area contributed by atoms with Gasteiger partial charge in [0.05, 0.1) is 11.6 Å². The molecule has 1 spiro atoms. The van der Waals surface area contributed by atoms with E-state index in [9.17, 15) is 18.0 Å². The van der Waals surface area contributed by atoms with Crippen LogP contribution in [-0.2, 0) is 10.3 Å². The SMILES string of the molecule is O=C1Nc2ccccc2C2(CCN(CCC3=CCC(C(F)(F)F)C=C3)CC2)O1. The molecule has 2 heterocycles. The van der Waals surface area contributed by atoms with Gasteiger partial charge < -0.3 is 9.64 Å². The van der Waals surface area contributed by atoms with E-state index in [0.29, 0.717) is 12.8 Å². The zero-order valence-electron chi connectivity index (χ0n) is 15.5. The summed E-state index contributed by atoms with van der Waals surface area (Å²) in [6, 6.07) is 7.73. The largest absolute Gasteiger partial charge is 0.438 e. The summed E-state index contributed by atoms with van der Waals surface area (Å²) < 4.78 is 43.9. The minimum atomic E-state index is -4.16. The van der Waals surface area contributed by atoms with Gasteiger partial charge in [0, 0.05) is 38.0 Å². The standard InChI is InChI=1S/C21H23F3N2O2/c22-21(23,24)16-7-5-15(6-8-16)9-12-26-13-10-20(11-14-26)17-3-1-2-4-18(17)25-19(27)28-20/h1-7,16H,8-14H2,(H,25,27). The fourth-order valence-corrected chi connectivity index (χ4v) is 4.25. The maximum Gasteiger partial charge on any atom is 0.412 e. The Hall–Kier alpha value is -2.28. The molecule has 1 aromatic rings. The molecule has 1 fully saturated rings. The lowest BCUT2D eigenvalue weighted by atomic mass is 9.82. The van der Waals surface area contributed by atoms with Crippen molar-refractivity contribution < 1.29 is 22.7 Å². The van der Waals surface area contributed by atoms with E-state index in [2.05, 4.69) is 10.2 Å². The van der Waals surface area contributed by atoms with Crippen LogP contribution in [0, 0.1) is 5.92 Å². The Bertz CT molecular complexity index is 808. The molecular weight excluding hydrogens is 369 g/mol. The molecule has 3 aliphatic rings. The molecule has 1 amide bonds. The number of hydrogen-bond donors (Lipinski definition) is 1. The second-order valence-corrected chi connectivity index (χ2v) is 7.67. The highest BCUT2D eigenvalue weighted by Gasteiger charge is 2.44. The first-order valence-corrected chi connectivity index (χ1v) is 9.62. The van der Waals surface area contributed by atoms with Gasteiger partial charge in [-0.3, -0.25) is 5.32 Å². The molecule has 150 valence electrons. The van der Waals surface area contributed by atoms with Crippen LogP contribution in [-0.4, -0.2) is 36.8 Å². The highest BCUT2D eigenvalue weighted by Crippen LogP contribution is 2.43. The van der Waals surface area contributed by atoms with Crippen LogP contribution in [0.15, 0.2) is 48.1 Å². The van der Waals surface area contributed by atoms with Gasteiger partial charge in [-0.2, -0.15) is 13.2 Å². The van der Waals surface area contributed by atoms with Gasteiger partial charge in [0.1, 0.15) is 5.60 Å². The fraction of sp³-hybridized carbons (Fsp3) is 0.476. The van der Waals surface area contributed by atoms with Crippen LogP contribution in [0.2, 0.25) is 0 Å². The van der Waals surface area contributed by atoms with E-state index in [-0.39, 0.29) is 6.42 Å². The summed E-state index contributed by atoms with van der Waals surface area (Å²) in [5.74, 6) is -1.36. The minimum Gasteiger partial charge on any atom is -0.438 e. The smallest absolute Gasteiger partial charge is 0.412 e. The van der Waals surface area contributed by atoms with Crippen LogP contribution in [0.1, 0.15) is 31.2 Å². The van der Waals surface area contributed by atoms with Crippen molar-refractivity contribution in [1.82, 2.24) is 4.90 Å². The quantitative estimate of drug-likeness (QED) is 0.788. The van der Waals surface area contributed by atoms with Crippen LogP contribution in [0.5, 0.6) is 0 Å². The van der Waals surface area contributed by atoms with Crippen molar-refractivity contribution in [2.24, 2.45) is 5.92 Å². The van der Waals surface area contributed by atoms with Crippen molar-refractivity contribution in [3.8, 4) is 0 Å². The van der Waals surface area contributed by atoms with Crippen molar-refractivity contribution in [3.05, 3.63) is 53.6 Å². The van der Waals surface area contributed by atoms with E-state index in [1.807, 2.05) is 24.3 Å². The van der Waals surface area contributed by atoms with Gasteiger partial charge in [0.15, 0.2) is 0 Å². The third kappa shape index (κ3) is 3.81. The number of halogens is 3. The van der Waals surface area contributed by atoms with E-state index in [0.717, 1.165) is 42.9 Å². The molecule has 0 saturated carbocycles. The van der Waals surface area contributed by atoms with Gasteiger partial charge in [0.2, 0.25) is 0 Å². The van der Waals surface area contributed by atoms with Gasteiger partial charge in [-0.25, -0.2) is 4.79 Å². The number of anilines is 1. The second-order valence-electron chi connectivity index (χ2n) is 7.67. The lowest BCUT2D eigenvalue weighted by Gasteiger charge is -2.44. The van der Waals surface area contributed by atoms with E-state index < -0.39 is 23.8 Å². The number of likely N-dealkylation sites (tertiary alicyclic amines) is 1. The lowest BCUT2D eigenvalue weighted by Crippen LogP contribution is -2.48. The zero-order valence-corrected chi connectivity index (χ0v) is 15.5. The molecule has 0 radical (unpaired) electrons. The molecule has 1 aliphatic carbocycles. The van der Waals surface area contributed by atoms with Crippen molar-refractivity contribution in [3.63, 3.8) is 0 Å². The Balaban J connectivity index is 1.33. The first kappa shape index (κ1) is 19.1. The van der Waals surface area contributed by atoms with Crippen molar-refractivity contribution in [2.45, 2.75) is 37.5 Å². The van der Waals surface area contributed by atoms with Crippen LogP contribution >= 0.6 is 0 Å². The molecule has 0 aromatic heterocycles. The van der Waals surface area contributed by atoms with E-state index in [4.69, 9.17) is 4.74 Å². The molecular formula is C21H23F3N2O2. The maximum absolute atomic E-state index is 12.7. The molecule has 28 heavy (non-hydrogen) atoms. The summed E-state index contributed by atoms with van der Waals surface area (Å²) in [4.78, 5) is 14.3. The number of amides is 1. The van der Waals surface area contributed by atoms with Crippen molar-refractivity contribution >= 4 is 11.8 Å². The summed E-state index contributed by atoms with van der Waals surface area (Å²) in [6.45, 7) is 2.35. The maximum atomic E-state index is 12.7. The first-order valence-electron chi connectivity index (χ1n) is 9.62. The summed E-state index contributed by atoms with van der Waals surface area (Å²) in [7, 11) is 0. The summed E-state index contributed by atoms with van der Waals surface area (Å²) >= 11 is 0. The summed E-state index contributed by atoms with van der Waals surface area (Å²) in [5, 5.41) is 2.76. The monoisotopic (exact) mass is 392 g/mol. The predicted molar refractivity (Wildman–Crippen MR) is 99.9 cm³/mol. The number of para-hydroxylation sites is 1. The van der Waals surface area contributed by atoms with Gasteiger partial charge in [-0.05, 0) is 18.9 Å². The zero-order chi connectivity index (χ0) is 19.8. The number of piperidine rings is 1. The van der Waals surface area contributed by atoms with Gasteiger partial charge in [0.25, 0.3) is 0 Å². The van der Waals surface area contributed by atoms with Crippen LogP contribution in [0.4, 0.5) is 23.7 Å². The number of fused-ring (bicyclic) bond motifs is 2. The third-order valence-electron chi connectivity index (χ3n) is 5.92. The second kappa shape index (κ2) is 7.28. The molecule has 1 N–H and O–H groups in total. The predicted octanol–water partition coefficient (Wildman–Crippen LogP) is 4.99. The molecule has 1 aromatic carbocycles. The normalized spacial score (nSPS) is 24.3. The Morgan fingerprint density at radius 3 is 2.64 bits per heavy atom. The lowest BCUT2D eigenvalue weighted by molar-refractivity contribution is -0.160. The molecule has 4 rings (SSSR count). The molecule has 1 unspecified atom stereocenters. The topological polar surface area (TPSA) is 41.6 Å². The molecule has 7 heteroatoms. The molecule has 1 saturated heterocycles. The Kier molecular flexibility index (Phi) is 4.95. The number of benzene rings is 1. The van der Waals surface area contributed by atoms with Crippen molar-refractivity contribution in [2.75, 3.05) is 25.0 Å². The molecule has 2 aliphatic heterocycles. The average Bonchev–Trinajstić information content (AvgIpc) is 2.67. The highest BCUT2D eigenvalue weighted by molar-refractivity contribution is 5.88. The van der Waals surface area contributed by atoms with Gasteiger partial charge in [-0.15, -0.1) is 0 Å². The van der Waals surface area contributed by atoms with Gasteiger partial charge in [-0.1, -0.05) is 42.0 Å². The number of rotatable bonds is 3. The number of alkyl halides is 3. The number of ether oxygens (including phenoxy) is 1. The van der Waals surface area contributed by atoms with E-state index in [1.54, 1.807) is 12.2 Å². The number of carbonyl (C=O) groups is 1. The van der Waals surface area contributed by atoms with Crippen molar-refractivity contribution in [1.29, 1.82) is 0 Å². The van der Waals surface area contributed by atoms with Crippen LogP contribution in [0.25, 0.3) is 0 Å².